The molecular formula is C19H20N4O2S. The molecule has 0 aliphatic carbocycles. The molecule has 1 atom stereocenters. The molecular weight excluding hydrogens is 348 g/mol. The second kappa shape index (κ2) is 7.29. The van der Waals surface area contributed by atoms with Gasteiger partial charge in [0.15, 0.2) is 5.13 Å². The Morgan fingerprint density at radius 2 is 2.23 bits per heavy atom. The Morgan fingerprint density at radius 1 is 1.35 bits per heavy atom. The molecule has 0 spiro atoms. The fraction of sp³-hybridized carbons (Fsp3) is 0.316. The Bertz CT molecular complexity index is 919. The number of anilines is 1. The first-order chi connectivity index (χ1) is 12.7. The maximum absolute atomic E-state index is 12.8. The van der Waals surface area contributed by atoms with E-state index < -0.39 is 0 Å². The summed E-state index contributed by atoms with van der Waals surface area (Å²) in [5.41, 5.74) is 2.04. The molecule has 134 valence electrons. The van der Waals surface area contributed by atoms with Gasteiger partial charge >= 0.3 is 0 Å². The molecule has 2 N–H and O–H groups in total. The van der Waals surface area contributed by atoms with E-state index in [0.29, 0.717) is 24.6 Å². The summed E-state index contributed by atoms with van der Waals surface area (Å²) < 4.78 is 0. The van der Waals surface area contributed by atoms with Gasteiger partial charge in [-0.25, -0.2) is 4.98 Å². The highest BCUT2D eigenvalue weighted by Crippen LogP contribution is 2.22. The number of aromatic nitrogens is 2. The van der Waals surface area contributed by atoms with Crippen LogP contribution in [0.2, 0.25) is 0 Å². The number of piperidine rings is 1. The van der Waals surface area contributed by atoms with E-state index in [-0.39, 0.29) is 17.7 Å². The molecule has 0 unspecified atom stereocenters. The zero-order valence-electron chi connectivity index (χ0n) is 14.3. The van der Waals surface area contributed by atoms with Crippen molar-refractivity contribution in [2.75, 3.05) is 18.4 Å². The van der Waals surface area contributed by atoms with Gasteiger partial charge in [-0.15, -0.1) is 11.3 Å². The quantitative estimate of drug-likeness (QED) is 0.743. The largest absolute Gasteiger partial charge is 0.361 e. The zero-order chi connectivity index (χ0) is 17.9. The van der Waals surface area contributed by atoms with Crippen LogP contribution in [0, 0.1) is 5.92 Å². The summed E-state index contributed by atoms with van der Waals surface area (Å²) in [6, 6.07) is 7.98. The number of carbonyl (C=O) groups excluding carboxylic acids is 2. The van der Waals surface area contributed by atoms with Crippen LogP contribution in [0.25, 0.3) is 10.9 Å². The molecule has 3 heterocycles. The van der Waals surface area contributed by atoms with Gasteiger partial charge < -0.3 is 15.2 Å². The molecule has 0 bridgehead atoms. The maximum atomic E-state index is 12.8. The van der Waals surface area contributed by atoms with E-state index in [2.05, 4.69) is 15.3 Å². The van der Waals surface area contributed by atoms with Gasteiger partial charge in [-0.3, -0.25) is 9.59 Å². The van der Waals surface area contributed by atoms with Crippen LogP contribution in [0.3, 0.4) is 0 Å². The van der Waals surface area contributed by atoms with Crippen molar-refractivity contribution in [3.05, 3.63) is 47.6 Å². The van der Waals surface area contributed by atoms with Crippen LogP contribution in [0.5, 0.6) is 0 Å². The number of rotatable bonds is 4. The molecule has 7 heteroatoms. The summed E-state index contributed by atoms with van der Waals surface area (Å²) in [5.74, 6) is -0.161. The first-order valence-corrected chi connectivity index (χ1v) is 9.62. The third-order valence-electron chi connectivity index (χ3n) is 4.82. The second-order valence-electron chi connectivity index (χ2n) is 6.54. The summed E-state index contributed by atoms with van der Waals surface area (Å²) in [5, 5.41) is 6.36. The van der Waals surface area contributed by atoms with Crippen molar-refractivity contribution < 1.29 is 9.59 Å². The van der Waals surface area contributed by atoms with Gasteiger partial charge in [0.1, 0.15) is 0 Å². The molecule has 6 nitrogen and oxygen atoms in total. The normalized spacial score (nSPS) is 17.4. The number of aromatic amines is 1. The van der Waals surface area contributed by atoms with Crippen LogP contribution in [0.15, 0.2) is 42.0 Å². The zero-order valence-corrected chi connectivity index (χ0v) is 15.1. The van der Waals surface area contributed by atoms with Crippen molar-refractivity contribution in [1.82, 2.24) is 14.9 Å². The minimum atomic E-state index is -0.181. The lowest BCUT2D eigenvalue weighted by Gasteiger charge is -2.32. The highest BCUT2D eigenvalue weighted by atomic mass is 32.1. The molecule has 0 saturated carbocycles. The van der Waals surface area contributed by atoms with Gasteiger partial charge in [0.2, 0.25) is 11.8 Å². The molecule has 26 heavy (non-hydrogen) atoms. The number of nitrogens with one attached hydrogen (secondary N) is 2. The number of thiazole rings is 1. The number of amides is 2. The SMILES string of the molecule is O=C(Nc1nccs1)[C@@H]1CCCN(C(=O)Cc2c[nH]c3ccccc23)C1. The van der Waals surface area contributed by atoms with Crippen molar-refractivity contribution in [3.8, 4) is 0 Å². The Hall–Kier alpha value is -2.67. The summed E-state index contributed by atoms with van der Waals surface area (Å²) in [4.78, 5) is 34.3. The van der Waals surface area contributed by atoms with E-state index in [0.717, 1.165) is 29.3 Å². The van der Waals surface area contributed by atoms with Crippen LogP contribution in [-0.4, -0.2) is 39.8 Å². The van der Waals surface area contributed by atoms with Crippen LogP contribution in [0.1, 0.15) is 18.4 Å². The van der Waals surface area contributed by atoms with E-state index in [4.69, 9.17) is 0 Å². The van der Waals surface area contributed by atoms with E-state index in [1.807, 2.05) is 40.7 Å². The minimum absolute atomic E-state index is 0.0513. The van der Waals surface area contributed by atoms with Crippen molar-refractivity contribution in [2.24, 2.45) is 5.92 Å². The smallest absolute Gasteiger partial charge is 0.231 e. The second-order valence-corrected chi connectivity index (χ2v) is 7.44. The standard InChI is InChI=1S/C19H20N4O2S/c24-17(10-14-11-21-16-6-2-1-5-15(14)16)23-8-3-4-13(12-23)18(25)22-19-20-7-9-26-19/h1-2,5-7,9,11,13,21H,3-4,8,10,12H2,(H,20,22,25)/t13-/m1/s1. The van der Waals surface area contributed by atoms with Crippen LogP contribution in [-0.2, 0) is 16.0 Å². The van der Waals surface area contributed by atoms with Crippen molar-refractivity contribution in [1.29, 1.82) is 0 Å². The predicted octanol–water partition coefficient (Wildman–Crippen LogP) is 3.04. The molecule has 1 aliphatic rings. The number of hydrogen-bond acceptors (Lipinski definition) is 4. The molecule has 2 aromatic heterocycles. The molecule has 1 aliphatic heterocycles. The predicted molar refractivity (Wildman–Crippen MR) is 102 cm³/mol. The fourth-order valence-electron chi connectivity index (χ4n) is 3.46. The molecule has 1 fully saturated rings. The molecule has 0 radical (unpaired) electrons. The highest BCUT2D eigenvalue weighted by Gasteiger charge is 2.29. The van der Waals surface area contributed by atoms with Gasteiger partial charge in [-0.2, -0.15) is 0 Å². The van der Waals surface area contributed by atoms with Gasteiger partial charge in [-0.05, 0) is 24.5 Å². The number of hydrogen-bond donors (Lipinski definition) is 2. The number of carbonyl (C=O) groups is 2. The summed E-state index contributed by atoms with van der Waals surface area (Å²) in [6.45, 7) is 1.18. The first-order valence-electron chi connectivity index (χ1n) is 8.74. The number of H-pyrrole nitrogens is 1. The lowest BCUT2D eigenvalue weighted by molar-refractivity contribution is -0.133. The molecule has 3 aromatic rings. The number of nitrogens with zero attached hydrogens (tertiary/aromatic N) is 2. The van der Waals surface area contributed by atoms with E-state index in [9.17, 15) is 9.59 Å². The van der Waals surface area contributed by atoms with Crippen LogP contribution >= 0.6 is 11.3 Å². The van der Waals surface area contributed by atoms with Crippen LogP contribution < -0.4 is 5.32 Å². The maximum Gasteiger partial charge on any atom is 0.231 e. The van der Waals surface area contributed by atoms with Gasteiger partial charge in [0.25, 0.3) is 0 Å². The van der Waals surface area contributed by atoms with Crippen LogP contribution in [0.4, 0.5) is 5.13 Å². The Morgan fingerprint density at radius 3 is 3.08 bits per heavy atom. The Balaban J connectivity index is 1.40. The number of benzene rings is 1. The van der Waals surface area contributed by atoms with Gasteiger partial charge in [0, 0.05) is 41.8 Å². The summed E-state index contributed by atoms with van der Waals surface area (Å²) >= 11 is 1.40. The highest BCUT2D eigenvalue weighted by molar-refractivity contribution is 7.13. The fourth-order valence-corrected chi connectivity index (χ4v) is 3.99. The topological polar surface area (TPSA) is 78.1 Å². The number of fused-ring (bicyclic) bond motifs is 1. The average molecular weight is 368 g/mol. The lowest BCUT2D eigenvalue weighted by Crippen LogP contribution is -2.44. The third-order valence-corrected chi connectivity index (χ3v) is 5.51. The summed E-state index contributed by atoms with van der Waals surface area (Å²) in [7, 11) is 0. The number of para-hydroxylation sites is 1. The summed E-state index contributed by atoms with van der Waals surface area (Å²) in [6.07, 6.45) is 5.56. The van der Waals surface area contributed by atoms with E-state index in [1.54, 1.807) is 6.20 Å². The minimum Gasteiger partial charge on any atom is -0.361 e. The first kappa shape index (κ1) is 16.8. The Kier molecular flexibility index (Phi) is 4.71. The Labute approximate surface area is 155 Å². The van der Waals surface area contributed by atoms with E-state index in [1.165, 1.54) is 11.3 Å². The molecule has 4 rings (SSSR count). The average Bonchev–Trinajstić information content (AvgIpc) is 3.32. The third kappa shape index (κ3) is 3.48. The molecule has 2 amide bonds. The number of likely N-dealkylation sites (tertiary alicyclic amines) is 1. The lowest BCUT2D eigenvalue weighted by atomic mass is 9.96. The monoisotopic (exact) mass is 368 g/mol. The molecule has 1 aromatic carbocycles. The van der Waals surface area contributed by atoms with Crippen molar-refractivity contribution >= 4 is 39.2 Å². The molecule has 1 saturated heterocycles. The van der Waals surface area contributed by atoms with Crippen molar-refractivity contribution in [2.45, 2.75) is 19.3 Å². The van der Waals surface area contributed by atoms with Crippen molar-refractivity contribution in [3.63, 3.8) is 0 Å². The van der Waals surface area contributed by atoms with E-state index >= 15 is 0 Å². The van der Waals surface area contributed by atoms with Gasteiger partial charge in [-0.1, -0.05) is 18.2 Å². The van der Waals surface area contributed by atoms with Gasteiger partial charge in [0.05, 0.1) is 12.3 Å².